The van der Waals surface area contributed by atoms with Crippen LogP contribution in [0.4, 0.5) is 105 Å². The zero-order valence-corrected chi connectivity index (χ0v) is 34.6. The van der Waals surface area contributed by atoms with E-state index in [0.717, 1.165) is 13.8 Å². The molecule has 2 unspecified atom stereocenters. The van der Waals surface area contributed by atoms with E-state index in [2.05, 4.69) is 0 Å². The summed E-state index contributed by atoms with van der Waals surface area (Å²) in [6.07, 6.45) is -52.3. The minimum atomic E-state index is -5.68. The van der Waals surface area contributed by atoms with Gasteiger partial charge in [0.2, 0.25) is 0 Å². The van der Waals surface area contributed by atoms with E-state index >= 15 is 0 Å². The van der Waals surface area contributed by atoms with Crippen LogP contribution in [0.5, 0.6) is 0 Å². The Kier molecular flexibility index (Phi) is 14.3. The summed E-state index contributed by atoms with van der Waals surface area (Å²) in [5.74, 6) is -2.16. The number of hydrogen-bond acceptors (Lipinski definition) is 2. The molecule has 0 aliphatic carbocycles. The Morgan fingerprint density at radius 3 is 0.597 bits per heavy atom. The molecule has 67 heavy (non-hydrogen) atoms. The molecule has 2 nitrogen and oxygen atoms in total. The molecule has 4 aromatic carbocycles. The van der Waals surface area contributed by atoms with Gasteiger partial charge in [0.05, 0.1) is 56.7 Å². The number of halogens is 24. The van der Waals surface area contributed by atoms with Gasteiger partial charge in [-0.1, -0.05) is 0 Å². The predicted molar refractivity (Wildman–Crippen MR) is 192 cm³/mol. The third kappa shape index (κ3) is 13.2. The molecule has 0 N–H and O–H groups in total. The zero-order chi connectivity index (χ0) is 51.1. The van der Waals surface area contributed by atoms with Crippen molar-refractivity contribution in [1.82, 2.24) is 0 Å². The number of benzene rings is 4. The van der Waals surface area contributed by atoms with Gasteiger partial charge in [-0.25, -0.2) is 0 Å². The molecule has 0 saturated carbocycles. The van der Waals surface area contributed by atoms with Crippen molar-refractivity contribution in [1.29, 1.82) is 0 Å². The van der Waals surface area contributed by atoms with Gasteiger partial charge in [-0.2, -0.15) is 105 Å². The lowest BCUT2D eigenvalue weighted by Gasteiger charge is -2.29. The van der Waals surface area contributed by atoms with Crippen molar-refractivity contribution in [2.75, 3.05) is 12.3 Å². The van der Waals surface area contributed by atoms with Gasteiger partial charge in [-0.3, -0.25) is 0 Å². The van der Waals surface area contributed by atoms with Gasteiger partial charge in [-0.15, -0.1) is 0 Å². The summed E-state index contributed by atoms with van der Waals surface area (Å²) < 4.78 is 350. The van der Waals surface area contributed by atoms with Crippen LogP contribution in [0.15, 0.2) is 72.8 Å². The van der Waals surface area contributed by atoms with Gasteiger partial charge < -0.3 is 9.47 Å². The lowest BCUT2D eigenvalue weighted by atomic mass is 10.1. The Morgan fingerprint density at radius 2 is 0.463 bits per heavy atom. The molecule has 1 aliphatic rings. The molecular weight excluding hydrogens is 1020 g/mol. The third-order valence-corrected chi connectivity index (χ3v) is 14.5. The molecular formula is C39H24F24O2P2. The van der Waals surface area contributed by atoms with Crippen LogP contribution in [0.25, 0.3) is 0 Å². The Balaban J connectivity index is 1.83. The van der Waals surface area contributed by atoms with E-state index in [0.29, 0.717) is 0 Å². The van der Waals surface area contributed by atoms with Crippen molar-refractivity contribution >= 4 is 37.1 Å². The topological polar surface area (TPSA) is 18.5 Å². The molecule has 0 amide bonds. The second-order valence-corrected chi connectivity index (χ2v) is 19.5. The zero-order valence-electron chi connectivity index (χ0n) is 32.8. The molecule has 1 heterocycles. The summed E-state index contributed by atoms with van der Waals surface area (Å²) in [4.78, 5) is 0. The highest BCUT2D eigenvalue weighted by atomic mass is 31.1. The Morgan fingerprint density at radius 1 is 0.313 bits per heavy atom. The summed E-state index contributed by atoms with van der Waals surface area (Å²) in [7, 11) is -6.98. The fourth-order valence-electron chi connectivity index (χ4n) is 6.68. The van der Waals surface area contributed by atoms with Gasteiger partial charge in [0.1, 0.15) is 0 Å². The van der Waals surface area contributed by atoms with Gasteiger partial charge in [-0.05, 0) is 124 Å². The average molecular weight is 1040 g/mol. The second kappa shape index (κ2) is 17.7. The normalized spacial score (nSPS) is 18.1. The Hall–Kier alpha value is -4.02. The number of hydrogen-bond donors (Lipinski definition) is 0. The van der Waals surface area contributed by atoms with Crippen LogP contribution in [-0.2, 0) is 58.9 Å². The molecule has 1 saturated heterocycles. The molecule has 5 rings (SSSR count). The molecule has 2 atom stereocenters. The first-order chi connectivity index (χ1) is 29.9. The van der Waals surface area contributed by atoms with Crippen molar-refractivity contribution < 1.29 is 115 Å². The van der Waals surface area contributed by atoms with E-state index < -0.39 is 186 Å². The number of rotatable bonds is 8. The number of ether oxygens (including phenoxy) is 2. The lowest BCUT2D eigenvalue weighted by Crippen LogP contribution is -2.35. The lowest BCUT2D eigenvalue weighted by molar-refractivity contribution is -0.144. The van der Waals surface area contributed by atoms with Crippen molar-refractivity contribution in [3.05, 3.63) is 117 Å². The van der Waals surface area contributed by atoms with E-state index in [1.54, 1.807) is 0 Å². The van der Waals surface area contributed by atoms with E-state index in [9.17, 15) is 105 Å². The molecule has 370 valence electrons. The molecule has 0 radical (unpaired) electrons. The third-order valence-electron chi connectivity index (χ3n) is 9.55. The monoisotopic (exact) mass is 1040 g/mol. The van der Waals surface area contributed by atoms with Crippen LogP contribution in [-0.4, -0.2) is 30.3 Å². The first-order valence-corrected chi connectivity index (χ1v) is 21.1. The number of alkyl halides is 24. The molecule has 4 aromatic rings. The van der Waals surface area contributed by atoms with Crippen LogP contribution in [0, 0.1) is 0 Å². The maximum absolute atomic E-state index is 14.1. The highest BCUT2D eigenvalue weighted by molar-refractivity contribution is 7.73. The highest BCUT2D eigenvalue weighted by Crippen LogP contribution is 2.50. The summed E-state index contributed by atoms with van der Waals surface area (Å²) in [5.41, 5.74) is -17.1. The first kappa shape index (κ1) is 53.9. The summed E-state index contributed by atoms with van der Waals surface area (Å²) in [5, 5.41) is -4.95. The largest absolute Gasteiger partial charge is 0.416 e. The minimum absolute atomic E-state index is 0.0556. The maximum Gasteiger partial charge on any atom is 0.416 e. The van der Waals surface area contributed by atoms with Crippen LogP contribution < -0.4 is 21.2 Å². The van der Waals surface area contributed by atoms with Crippen molar-refractivity contribution in [2.24, 2.45) is 0 Å². The van der Waals surface area contributed by atoms with Crippen LogP contribution >= 0.6 is 15.8 Å². The van der Waals surface area contributed by atoms with E-state index in [-0.39, 0.29) is 48.5 Å². The van der Waals surface area contributed by atoms with E-state index in [4.69, 9.17) is 9.47 Å². The Labute approximate surface area is 362 Å². The van der Waals surface area contributed by atoms with Gasteiger partial charge >= 0.3 is 49.4 Å². The van der Waals surface area contributed by atoms with Gasteiger partial charge in [0.25, 0.3) is 0 Å². The van der Waals surface area contributed by atoms with E-state index in [1.807, 2.05) is 0 Å². The molecule has 28 heteroatoms. The average Bonchev–Trinajstić information content (AvgIpc) is 3.44. The van der Waals surface area contributed by atoms with Crippen molar-refractivity contribution in [2.45, 2.75) is 81.3 Å². The molecule has 1 aliphatic heterocycles. The fourth-order valence-corrected chi connectivity index (χ4v) is 11.8. The van der Waals surface area contributed by atoms with Crippen LogP contribution in [0.2, 0.25) is 0 Å². The Bertz CT molecular complexity index is 1990. The van der Waals surface area contributed by atoms with Crippen LogP contribution in [0.1, 0.15) is 58.4 Å². The second-order valence-electron chi connectivity index (χ2n) is 15.0. The SMILES string of the molecule is CC1(C)OC(CP(c2cc(C(F)(F)F)cc(C(F)(F)F)c2)c2cc(C(F)(F)F)cc(C(F)(F)F)c2)C(CP(c2cc(C(F)(F)F)cc(C(F)(F)F)c2)c2cc(C(F)(F)F)cc(C(F)(F)F)c2)O1. The standard InChI is InChI=1S/C39H24F24O2P2/c1-31(2)64-29(15-66(25-7-17(32(40,41)42)3-18(8-25)33(43,44)45)26-9-19(34(46,47)48)4-20(10-26)35(49,50)51)30(65-31)16-67(27-11-21(36(52,53)54)5-22(12-27)37(55,56)57)28-13-23(38(58,59)60)6-24(14-28)39(61,62)63/h3-14,29-30H,15-16H2,1-2H3. The van der Waals surface area contributed by atoms with Crippen LogP contribution in [0.3, 0.4) is 0 Å². The maximum atomic E-state index is 14.1. The van der Waals surface area contributed by atoms with Crippen molar-refractivity contribution in [3.63, 3.8) is 0 Å². The molecule has 0 aromatic heterocycles. The van der Waals surface area contributed by atoms with Gasteiger partial charge in [0.15, 0.2) is 5.79 Å². The van der Waals surface area contributed by atoms with Gasteiger partial charge in [0, 0.05) is 12.3 Å². The summed E-state index contributed by atoms with van der Waals surface area (Å²) in [6.45, 7) is 1.92. The minimum Gasteiger partial charge on any atom is -0.344 e. The predicted octanol–water partition coefficient (Wildman–Crippen LogP) is 13.9. The van der Waals surface area contributed by atoms with Crippen molar-refractivity contribution in [3.8, 4) is 0 Å². The summed E-state index contributed by atoms with van der Waals surface area (Å²) >= 11 is 0. The smallest absolute Gasteiger partial charge is 0.344 e. The summed E-state index contributed by atoms with van der Waals surface area (Å²) in [6, 6.07) is -2.25. The first-order valence-electron chi connectivity index (χ1n) is 18.0. The molecule has 0 spiro atoms. The fraction of sp³-hybridized carbons (Fsp3) is 0.385. The molecule has 1 fully saturated rings. The quantitative estimate of drug-likeness (QED) is 0.129. The molecule has 0 bridgehead atoms. The van der Waals surface area contributed by atoms with E-state index in [1.165, 1.54) is 0 Å². The highest BCUT2D eigenvalue weighted by Gasteiger charge is 2.48.